The van der Waals surface area contributed by atoms with Gasteiger partial charge in [-0.3, -0.25) is 0 Å². The Labute approximate surface area is 124 Å². The van der Waals surface area contributed by atoms with Crippen molar-refractivity contribution < 1.29 is 4.79 Å². The van der Waals surface area contributed by atoms with Crippen LogP contribution in [0.15, 0.2) is 23.1 Å². The summed E-state index contributed by atoms with van der Waals surface area (Å²) < 4.78 is 0. The van der Waals surface area contributed by atoms with Gasteiger partial charge in [-0.1, -0.05) is 0 Å². The zero-order chi connectivity index (χ0) is 13.9. The molecule has 0 aromatic heterocycles. The smallest absolute Gasteiger partial charge is 0.321 e. The lowest BCUT2D eigenvalue weighted by atomic mass is 10.0. The lowest BCUT2D eigenvalue weighted by molar-refractivity contribution is 0.173. The molecule has 20 heavy (non-hydrogen) atoms. The van der Waals surface area contributed by atoms with E-state index in [1.54, 1.807) is 11.8 Å². The van der Waals surface area contributed by atoms with Gasteiger partial charge in [0.05, 0.1) is 0 Å². The van der Waals surface area contributed by atoms with E-state index in [1.807, 2.05) is 11.0 Å². The third-order valence-corrected chi connectivity index (χ3v) is 4.91. The maximum Gasteiger partial charge on any atom is 0.322 e. The second-order valence-electron chi connectivity index (χ2n) is 5.38. The molecular weight excluding hydrogens is 270 g/mol. The molecule has 2 aliphatic rings. The van der Waals surface area contributed by atoms with Crippen LogP contribution in [0.2, 0.25) is 0 Å². The maximum atomic E-state index is 12.4. The number of anilines is 1. The normalized spacial score (nSPS) is 20.2. The first-order chi connectivity index (χ1) is 9.78. The molecule has 0 saturated carbocycles. The van der Waals surface area contributed by atoms with Crippen molar-refractivity contribution in [3.05, 3.63) is 23.8 Å². The standard InChI is InChI=1S/C15H21N3OS/c1-20-13-2-3-14-11(10-13)6-9-18(15(19)17-14)12-4-7-16-8-5-12/h2-3,10,12,16H,4-9H2,1H3,(H,17,19). The van der Waals surface area contributed by atoms with Gasteiger partial charge in [0, 0.05) is 23.2 Å². The van der Waals surface area contributed by atoms with E-state index in [4.69, 9.17) is 0 Å². The highest BCUT2D eigenvalue weighted by atomic mass is 32.2. The molecule has 2 aliphatic heterocycles. The highest BCUT2D eigenvalue weighted by Crippen LogP contribution is 2.27. The number of nitrogens with one attached hydrogen (secondary N) is 2. The third kappa shape index (κ3) is 2.79. The van der Waals surface area contributed by atoms with Gasteiger partial charge in [-0.15, -0.1) is 11.8 Å². The summed E-state index contributed by atoms with van der Waals surface area (Å²) in [5.74, 6) is 0. The van der Waals surface area contributed by atoms with Gasteiger partial charge in [-0.2, -0.15) is 0 Å². The molecule has 0 aliphatic carbocycles. The van der Waals surface area contributed by atoms with Crippen molar-refractivity contribution in [1.29, 1.82) is 0 Å². The van der Waals surface area contributed by atoms with Crippen molar-refractivity contribution in [2.24, 2.45) is 0 Å². The first-order valence-corrected chi connectivity index (χ1v) is 8.45. The molecule has 1 aromatic rings. The number of hydrogen-bond donors (Lipinski definition) is 2. The number of carbonyl (C=O) groups excluding carboxylic acids is 1. The first kappa shape index (κ1) is 13.8. The van der Waals surface area contributed by atoms with Gasteiger partial charge >= 0.3 is 6.03 Å². The van der Waals surface area contributed by atoms with E-state index in [9.17, 15) is 4.79 Å². The highest BCUT2D eigenvalue weighted by molar-refractivity contribution is 7.98. The number of carbonyl (C=O) groups is 1. The number of amides is 2. The summed E-state index contributed by atoms with van der Waals surface area (Å²) in [6.45, 7) is 2.84. The number of benzene rings is 1. The summed E-state index contributed by atoms with van der Waals surface area (Å²) in [6.07, 6.45) is 5.13. The van der Waals surface area contributed by atoms with E-state index >= 15 is 0 Å². The van der Waals surface area contributed by atoms with Crippen LogP contribution in [-0.2, 0) is 6.42 Å². The summed E-state index contributed by atoms with van der Waals surface area (Å²) in [4.78, 5) is 15.7. The largest absolute Gasteiger partial charge is 0.322 e. The Bertz CT molecular complexity index is 500. The minimum Gasteiger partial charge on any atom is -0.321 e. The van der Waals surface area contributed by atoms with Gasteiger partial charge in [0.25, 0.3) is 0 Å². The van der Waals surface area contributed by atoms with Crippen molar-refractivity contribution in [1.82, 2.24) is 10.2 Å². The van der Waals surface area contributed by atoms with E-state index in [2.05, 4.69) is 29.0 Å². The summed E-state index contributed by atoms with van der Waals surface area (Å²) in [6, 6.07) is 6.75. The molecule has 1 aromatic carbocycles. The van der Waals surface area contributed by atoms with Gasteiger partial charge in [0.1, 0.15) is 0 Å². The zero-order valence-electron chi connectivity index (χ0n) is 11.8. The molecule has 2 N–H and O–H groups in total. The van der Waals surface area contributed by atoms with Crippen molar-refractivity contribution >= 4 is 23.5 Å². The van der Waals surface area contributed by atoms with Crippen LogP contribution < -0.4 is 10.6 Å². The van der Waals surface area contributed by atoms with E-state index < -0.39 is 0 Å². The van der Waals surface area contributed by atoms with Crippen LogP contribution in [0, 0.1) is 0 Å². The van der Waals surface area contributed by atoms with Crippen LogP contribution in [0.3, 0.4) is 0 Å². The van der Waals surface area contributed by atoms with Gasteiger partial charge in [0.15, 0.2) is 0 Å². The fourth-order valence-electron chi connectivity index (χ4n) is 3.02. The van der Waals surface area contributed by atoms with Crippen molar-refractivity contribution in [3.63, 3.8) is 0 Å². The molecule has 2 heterocycles. The van der Waals surface area contributed by atoms with Crippen molar-refractivity contribution in [2.45, 2.75) is 30.2 Å². The lowest BCUT2D eigenvalue weighted by Crippen LogP contribution is -2.47. The molecule has 4 nitrogen and oxygen atoms in total. The molecule has 0 spiro atoms. The van der Waals surface area contributed by atoms with E-state index in [-0.39, 0.29) is 6.03 Å². The molecular formula is C15H21N3OS. The molecule has 2 amide bonds. The van der Waals surface area contributed by atoms with Crippen LogP contribution in [0.5, 0.6) is 0 Å². The van der Waals surface area contributed by atoms with Crippen LogP contribution >= 0.6 is 11.8 Å². The minimum absolute atomic E-state index is 0.0625. The molecule has 3 rings (SSSR count). The van der Waals surface area contributed by atoms with E-state index in [0.29, 0.717) is 6.04 Å². The van der Waals surface area contributed by atoms with Crippen molar-refractivity contribution in [2.75, 3.05) is 31.2 Å². The fourth-order valence-corrected chi connectivity index (χ4v) is 3.49. The first-order valence-electron chi connectivity index (χ1n) is 7.23. The molecule has 1 fully saturated rings. The molecule has 0 bridgehead atoms. The van der Waals surface area contributed by atoms with Gasteiger partial charge in [-0.25, -0.2) is 4.79 Å². The highest BCUT2D eigenvalue weighted by Gasteiger charge is 2.27. The van der Waals surface area contributed by atoms with Crippen LogP contribution in [-0.4, -0.2) is 42.9 Å². The third-order valence-electron chi connectivity index (χ3n) is 4.19. The fraction of sp³-hybridized carbons (Fsp3) is 0.533. The monoisotopic (exact) mass is 291 g/mol. The van der Waals surface area contributed by atoms with Crippen molar-refractivity contribution in [3.8, 4) is 0 Å². The summed E-state index contributed by atoms with van der Waals surface area (Å²) in [5, 5.41) is 6.43. The minimum atomic E-state index is 0.0625. The SMILES string of the molecule is CSc1ccc2c(c1)CCN(C1CCNCC1)C(=O)N2. The Balaban J connectivity index is 1.78. The lowest BCUT2D eigenvalue weighted by Gasteiger charge is -2.33. The molecule has 0 unspecified atom stereocenters. The van der Waals surface area contributed by atoms with Crippen LogP contribution in [0.4, 0.5) is 10.5 Å². The number of nitrogens with zero attached hydrogens (tertiary/aromatic N) is 1. The Morgan fingerprint density at radius 1 is 1.30 bits per heavy atom. The van der Waals surface area contributed by atoms with E-state index in [1.165, 1.54) is 10.5 Å². The van der Waals surface area contributed by atoms with Gasteiger partial charge in [-0.05, 0) is 62.4 Å². The van der Waals surface area contributed by atoms with Crippen LogP contribution in [0.1, 0.15) is 18.4 Å². The molecule has 5 heteroatoms. The Morgan fingerprint density at radius 2 is 2.10 bits per heavy atom. The molecule has 108 valence electrons. The number of piperidine rings is 1. The molecule has 1 saturated heterocycles. The number of rotatable bonds is 2. The van der Waals surface area contributed by atoms with E-state index in [0.717, 1.165) is 44.6 Å². The Hall–Kier alpha value is -1.20. The second-order valence-corrected chi connectivity index (χ2v) is 6.26. The van der Waals surface area contributed by atoms with Crippen LogP contribution in [0.25, 0.3) is 0 Å². The number of thioether (sulfide) groups is 1. The summed E-state index contributed by atoms with van der Waals surface area (Å²) >= 11 is 1.74. The average Bonchev–Trinajstić information content (AvgIpc) is 2.65. The Morgan fingerprint density at radius 3 is 2.85 bits per heavy atom. The summed E-state index contributed by atoms with van der Waals surface area (Å²) in [7, 11) is 0. The summed E-state index contributed by atoms with van der Waals surface area (Å²) in [5.41, 5.74) is 2.23. The predicted molar refractivity (Wildman–Crippen MR) is 83.5 cm³/mol. The Kier molecular flexibility index (Phi) is 4.17. The number of hydrogen-bond acceptors (Lipinski definition) is 3. The number of fused-ring (bicyclic) bond motifs is 1. The second kappa shape index (κ2) is 6.06. The topological polar surface area (TPSA) is 44.4 Å². The molecule has 0 atom stereocenters. The van der Waals surface area contributed by atoms with Gasteiger partial charge < -0.3 is 15.5 Å². The predicted octanol–water partition coefficient (Wildman–Crippen LogP) is 2.55. The quantitative estimate of drug-likeness (QED) is 0.823. The maximum absolute atomic E-state index is 12.4. The molecule has 0 radical (unpaired) electrons. The van der Waals surface area contributed by atoms with Gasteiger partial charge in [0.2, 0.25) is 0 Å². The number of urea groups is 1. The zero-order valence-corrected chi connectivity index (χ0v) is 12.6. The average molecular weight is 291 g/mol.